The molecule has 1 fully saturated rings. The van der Waals surface area contributed by atoms with Gasteiger partial charge in [-0.1, -0.05) is 0 Å². The van der Waals surface area contributed by atoms with Crippen LogP contribution in [0, 0.1) is 5.92 Å². The van der Waals surface area contributed by atoms with Gasteiger partial charge in [0.25, 0.3) is 0 Å². The van der Waals surface area contributed by atoms with Crippen LogP contribution in [0.1, 0.15) is 32.1 Å². The van der Waals surface area contributed by atoms with Gasteiger partial charge in [0.05, 0.1) is 12.5 Å². The molecule has 2 unspecified atom stereocenters. The molecule has 0 spiro atoms. The topological polar surface area (TPSA) is 86.6 Å². The van der Waals surface area contributed by atoms with Gasteiger partial charge in [-0.3, -0.25) is 9.59 Å². The van der Waals surface area contributed by atoms with Crippen molar-refractivity contribution in [1.82, 2.24) is 5.32 Å². The summed E-state index contributed by atoms with van der Waals surface area (Å²) in [7, 11) is 0. The Hall–Kier alpha value is -1.10. The zero-order chi connectivity index (χ0) is 11.3. The molecule has 0 aromatic carbocycles. The van der Waals surface area contributed by atoms with E-state index >= 15 is 0 Å². The first kappa shape index (κ1) is 12.0. The first-order valence-corrected chi connectivity index (χ1v) is 5.24. The number of carboxylic acid groups (broad SMARTS) is 1. The highest BCUT2D eigenvalue weighted by Crippen LogP contribution is 2.24. The SMILES string of the molecule is O=C(O)CCC(=O)NCC1CCC(O)C1. The molecule has 0 aromatic heterocycles. The van der Waals surface area contributed by atoms with E-state index in [9.17, 15) is 14.7 Å². The minimum Gasteiger partial charge on any atom is -0.481 e. The Balaban J connectivity index is 2.09. The van der Waals surface area contributed by atoms with E-state index in [1.165, 1.54) is 0 Å². The second-order valence-corrected chi connectivity index (χ2v) is 4.03. The minimum atomic E-state index is -0.957. The van der Waals surface area contributed by atoms with Gasteiger partial charge in [0.1, 0.15) is 0 Å². The Morgan fingerprint density at radius 3 is 2.53 bits per heavy atom. The van der Waals surface area contributed by atoms with Crippen LogP contribution in [0.15, 0.2) is 0 Å². The molecule has 86 valence electrons. The zero-order valence-electron chi connectivity index (χ0n) is 8.61. The maximum Gasteiger partial charge on any atom is 0.303 e. The molecule has 5 heteroatoms. The maximum atomic E-state index is 11.1. The van der Waals surface area contributed by atoms with Crippen molar-refractivity contribution >= 4 is 11.9 Å². The monoisotopic (exact) mass is 215 g/mol. The summed E-state index contributed by atoms with van der Waals surface area (Å²) in [5.74, 6) is -0.839. The lowest BCUT2D eigenvalue weighted by Gasteiger charge is -2.10. The number of aliphatic carboxylic acids is 1. The molecule has 0 saturated heterocycles. The normalized spacial score (nSPS) is 25.1. The van der Waals surface area contributed by atoms with Gasteiger partial charge in [0.15, 0.2) is 0 Å². The molecule has 5 nitrogen and oxygen atoms in total. The molecule has 3 N–H and O–H groups in total. The lowest BCUT2D eigenvalue weighted by Crippen LogP contribution is -2.28. The standard InChI is InChI=1S/C10H17NO4/c12-8-2-1-7(5-8)6-11-9(13)3-4-10(14)15/h7-8,12H,1-6H2,(H,11,13)(H,14,15). The maximum absolute atomic E-state index is 11.1. The minimum absolute atomic E-state index is 0.0323. The van der Waals surface area contributed by atoms with Crippen molar-refractivity contribution in [2.75, 3.05) is 6.54 Å². The van der Waals surface area contributed by atoms with Crippen molar-refractivity contribution in [3.63, 3.8) is 0 Å². The third-order valence-corrected chi connectivity index (χ3v) is 2.67. The van der Waals surface area contributed by atoms with Crippen LogP contribution in [0.4, 0.5) is 0 Å². The number of hydrogen-bond acceptors (Lipinski definition) is 3. The number of nitrogens with one attached hydrogen (secondary N) is 1. The van der Waals surface area contributed by atoms with Crippen molar-refractivity contribution in [2.45, 2.75) is 38.2 Å². The average Bonchev–Trinajstić information content (AvgIpc) is 2.58. The van der Waals surface area contributed by atoms with Crippen LogP contribution in [-0.4, -0.2) is 34.7 Å². The number of aliphatic hydroxyl groups is 1. The Morgan fingerprint density at radius 1 is 1.27 bits per heavy atom. The fourth-order valence-corrected chi connectivity index (χ4v) is 1.80. The van der Waals surface area contributed by atoms with Crippen LogP contribution < -0.4 is 5.32 Å². The lowest BCUT2D eigenvalue weighted by atomic mass is 10.1. The second-order valence-electron chi connectivity index (χ2n) is 4.03. The molecule has 1 saturated carbocycles. The number of rotatable bonds is 5. The molecule has 1 aliphatic rings. The molecular weight excluding hydrogens is 198 g/mol. The molecule has 0 heterocycles. The molecule has 1 rings (SSSR count). The Morgan fingerprint density at radius 2 is 2.00 bits per heavy atom. The summed E-state index contributed by atoms with van der Waals surface area (Å²) in [6.45, 7) is 0.551. The first-order chi connectivity index (χ1) is 7.08. The van der Waals surface area contributed by atoms with Crippen LogP contribution in [0.25, 0.3) is 0 Å². The molecule has 2 atom stereocenters. The van der Waals surface area contributed by atoms with E-state index in [-0.39, 0.29) is 24.9 Å². The van der Waals surface area contributed by atoms with Crippen LogP contribution in [0.5, 0.6) is 0 Å². The summed E-state index contributed by atoms with van der Waals surface area (Å²) < 4.78 is 0. The number of amides is 1. The van der Waals surface area contributed by atoms with Crippen LogP contribution in [-0.2, 0) is 9.59 Å². The van der Waals surface area contributed by atoms with Gasteiger partial charge in [-0.2, -0.15) is 0 Å². The predicted molar refractivity (Wildman–Crippen MR) is 53.2 cm³/mol. The van der Waals surface area contributed by atoms with Crippen molar-refractivity contribution in [3.05, 3.63) is 0 Å². The number of carbonyl (C=O) groups excluding carboxylic acids is 1. The van der Waals surface area contributed by atoms with Crippen LogP contribution >= 0.6 is 0 Å². The predicted octanol–water partition coefficient (Wildman–Crippen LogP) is 0.128. The number of hydrogen-bond donors (Lipinski definition) is 3. The van der Waals surface area contributed by atoms with Gasteiger partial charge >= 0.3 is 5.97 Å². The van der Waals surface area contributed by atoms with E-state index in [0.717, 1.165) is 19.3 Å². The largest absolute Gasteiger partial charge is 0.481 e. The average molecular weight is 215 g/mol. The fraction of sp³-hybridized carbons (Fsp3) is 0.800. The summed E-state index contributed by atoms with van der Waals surface area (Å²) in [6, 6.07) is 0. The van der Waals surface area contributed by atoms with E-state index < -0.39 is 5.97 Å². The molecule has 1 amide bonds. The summed E-state index contributed by atoms with van der Waals surface area (Å²) in [5.41, 5.74) is 0. The number of aliphatic hydroxyl groups excluding tert-OH is 1. The van der Waals surface area contributed by atoms with E-state index in [4.69, 9.17) is 5.11 Å². The Bertz CT molecular complexity index is 242. The molecule has 0 radical (unpaired) electrons. The second kappa shape index (κ2) is 5.70. The summed E-state index contributed by atoms with van der Waals surface area (Å²) in [4.78, 5) is 21.3. The van der Waals surface area contributed by atoms with Crippen molar-refractivity contribution in [1.29, 1.82) is 0 Å². The van der Waals surface area contributed by atoms with Crippen molar-refractivity contribution in [3.8, 4) is 0 Å². The molecule has 0 bridgehead atoms. The molecule has 0 aromatic rings. The van der Waals surface area contributed by atoms with Gasteiger partial charge < -0.3 is 15.5 Å². The van der Waals surface area contributed by atoms with Gasteiger partial charge in [-0.15, -0.1) is 0 Å². The Kier molecular flexibility index (Phi) is 4.55. The van der Waals surface area contributed by atoms with Gasteiger partial charge in [-0.25, -0.2) is 0 Å². The van der Waals surface area contributed by atoms with E-state index in [0.29, 0.717) is 12.5 Å². The third kappa shape index (κ3) is 4.78. The molecule has 15 heavy (non-hydrogen) atoms. The van der Waals surface area contributed by atoms with E-state index in [1.54, 1.807) is 0 Å². The quantitative estimate of drug-likeness (QED) is 0.608. The Labute approximate surface area is 88.5 Å². The van der Waals surface area contributed by atoms with Gasteiger partial charge in [0.2, 0.25) is 5.91 Å². The third-order valence-electron chi connectivity index (χ3n) is 2.67. The van der Waals surface area contributed by atoms with Crippen LogP contribution in [0.2, 0.25) is 0 Å². The van der Waals surface area contributed by atoms with Crippen LogP contribution in [0.3, 0.4) is 0 Å². The van der Waals surface area contributed by atoms with Crippen molar-refractivity contribution in [2.24, 2.45) is 5.92 Å². The highest BCUT2D eigenvalue weighted by Gasteiger charge is 2.22. The van der Waals surface area contributed by atoms with Crippen molar-refractivity contribution < 1.29 is 19.8 Å². The highest BCUT2D eigenvalue weighted by atomic mass is 16.4. The molecule has 0 aliphatic heterocycles. The molecular formula is C10H17NO4. The lowest BCUT2D eigenvalue weighted by molar-refractivity contribution is -0.138. The fourth-order valence-electron chi connectivity index (χ4n) is 1.80. The van der Waals surface area contributed by atoms with Gasteiger partial charge in [0, 0.05) is 13.0 Å². The smallest absolute Gasteiger partial charge is 0.303 e. The highest BCUT2D eigenvalue weighted by molar-refractivity contribution is 5.80. The summed E-state index contributed by atoms with van der Waals surface area (Å²) >= 11 is 0. The number of carbonyl (C=O) groups is 2. The zero-order valence-corrected chi connectivity index (χ0v) is 8.61. The first-order valence-electron chi connectivity index (χ1n) is 5.24. The number of carboxylic acids is 1. The van der Waals surface area contributed by atoms with Gasteiger partial charge in [-0.05, 0) is 25.2 Å². The van der Waals surface area contributed by atoms with E-state index in [2.05, 4.69) is 5.32 Å². The van der Waals surface area contributed by atoms with E-state index in [1.807, 2.05) is 0 Å². The summed E-state index contributed by atoms with van der Waals surface area (Å²) in [5, 5.41) is 20.3. The summed E-state index contributed by atoms with van der Waals surface area (Å²) in [6.07, 6.45) is 2.14. The molecule has 1 aliphatic carbocycles.